The van der Waals surface area contributed by atoms with Crippen molar-refractivity contribution in [3.8, 4) is 0 Å². The van der Waals surface area contributed by atoms with Crippen molar-refractivity contribution < 1.29 is 9.53 Å². The number of carbonyl (C=O) groups excluding carboxylic acids is 1. The largest absolute Gasteiger partial charge is 0.381 e. The van der Waals surface area contributed by atoms with E-state index in [4.69, 9.17) is 4.74 Å². The van der Waals surface area contributed by atoms with Crippen molar-refractivity contribution in [1.82, 2.24) is 10.3 Å². The van der Waals surface area contributed by atoms with Gasteiger partial charge in [0.15, 0.2) is 5.82 Å². The van der Waals surface area contributed by atoms with Crippen LogP contribution in [0.5, 0.6) is 0 Å². The van der Waals surface area contributed by atoms with Gasteiger partial charge in [-0.1, -0.05) is 0 Å². The fourth-order valence-corrected chi connectivity index (χ4v) is 2.82. The molecule has 0 aliphatic carbocycles. The first-order valence-electron chi connectivity index (χ1n) is 7.65. The molecule has 0 saturated carbocycles. The Hall–Kier alpha value is -1.82. The second-order valence-electron chi connectivity index (χ2n) is 5.63. The van der Waals surface area contributed by atoms with Crippen molar-refractivity contribution in [2.24, 2.45) is 5.92 Å². The van der Waals surface area contributed by atoms with Gasteiger partial charge in [0.25, 0.3) is 0 Å². The molecule has 2 fully saturated rings. The third-order valence-electron chi connectivity index (χ3n) is 4.02. The van der Waals surface area contributed by atoms with Gasteiger partial charge in [-0.15, -0.1) is 0 Å². The lowest BCUT2D eigenvalue weighted by atomic mass is 10.1. The van der Waals surface area contributed by atoms with Crippen LogP contribution < -0.4 is 15.5 Å². The standard InChI is InChI=1S/C15H22N4O2/c20-15(17-10-12-5-9-21-11-12)18-13-4-3-6-16-14(13)19-7-1-2-8-19/h3-4,6,12H,1-2,5,7-11H2,(H2,17,18,20)/t12-/m1/s1. The second kappa shape index (κ2) is 6.76. The average Bonchev–Trinajstić information content (AvgIpc) is 3.19. The molecule has 0 aromatic carbocycles. The topological polar surface area (TPSA) is 66.5 Å². The minimum atomic E-state index is -0.171. The molecule has 3 heterocycles. The molecule has 6 heteroatoms. The van der Waals surface area contributed by atoms with Gasteiger partial charge in [0.05, 0.1) is 12.3 Å². The minimum Gasteiger partial charge on any atom is -0.381 e. The van der Waals surface area contributed by atoms with E-state index >= 15 is 0 Å². The van der Waals surface area contributed by atoms with Gasteiger partial charge in [-0.05, 0) is 31.4 Å². The molecule has 0 bridgehead atoms. The first-order chi connectivity index (χ1) is 10.3. The Bertz CT molecular complexity index is 482. The lowest BCUT2D eigenvalue weighted by Crippen LogP contribution is -2.34. The predicted octanol–water partition coefficient (Wildman–Crippen LogP) is 1.84. The number of ether oxygens (including phenoxy) is 1. The molecule has 2 N–H and O–H groups in total. The smallest absolute Gasteiger partial charge is 0.319 e. The summed E-state index contributed by atoms with van der Waals surface area (Å²) in [7, 11) is 0. The fraction of sp³-hybridized carbons (Fsp3) is 0.600. The summed E-state index contributed by atoms with van der Waals surface area (Å²) in [6.45, 7) is 4.21. The normalized spacial score (nSPS) is 21.5. The number of nitrogens with zero attached hydrogens (tertiary/aromatic N) is 2. The van der Waals surface area contributed by atoms with Gasteiger partial charge in [0.2, 0.25) is 0 Å². The molecule has 2 saturated heterocycles. The molecular formula is C15H22N4O2. The van der Waals surface area contributed by atoms with Gasteiger partial charge in [-0.3, -0.25) is 0 Å². The molecular weight excluding hydrogens is 268 g/mol. The summed E-state index contributed by atoms with van der Waals surface area (Å²) in [6.07, 6.45) is 5.16. The maximum absolute atomic E-state index is 12.0. The third kappa shape index (κ3) is 3.64. The molecule has 3 rings (SSSR count). The molecule has 2 aliphatic rings. The van der Waals surface area contributed by atoms with Gasteiger partial charge >= 0.3 is 6.03 Å². The summed E-state index contributed by atoms with van der Waals surface area (Å²) in [4.78, 5) is 18.7. The van der Waals surface area contributed by atoms with E-state index in [1.165, 1.54) is 12.8 Å². The number of rotatable bonds is 4. The van der Waals surface area contributed by atoms with E-state index in [-0.39, 0.29) is 6.03 Å². The number of hydrogen-bond donors (Lipinski definition) is 2. The van der Waals surface area contributed by atoms with E-state index in [1.54, 1.807) is 6.20 Å². The van der Waals surface area contributed by atoms with Crippen LogP contribution >= 0.6 is 0 Å². The molecule has 6 nitrogen and oxygen atoms in total. The van der Waals surface area contributed by atoms with E-state index in [2.05, 4.69) is 20.5 Å². The Morgan fingerprint density at radius 2 is 2.29 bits per heavy atom. The lowest BCUT2D eigenvalue weighted by Gasteiger charge is -2.20. The summed E-state index contributed by atoms with van der Waals surface area (Å²) in [5.41, 5.74) is 0.777. The number of pyridine rings is 1. The summed E-state index contributed by atoms with van der Waals surface area (Å²) in [5.74, 6) is 1.30. The van der Waals surface area contributed by atoms with Crippen molar-refractivity contribution in [3.63, 3.8) is 0 Å². The molecule has 21 heavy (non-hydrogen) atoms. The summed E-state index contributed by atoms with van der Waals surface area (Å²) >= 11 is 0. The molecule has 114 valence electrons. The van der Waals surface area contributed by atoms with Gasteiger partial charge < -0.3 is 20.3 Å². The minimum absolute atomic E-state index is 0.171. The molecule has 0 spiro atoms. The zero-order chi connectivity index (χ0) is 14.5. The van der Waals surface area contributed by atoms with Crippen molar-refractivity contribution in [2.45, 2.75) is 19.3 Å². The van der Waals surface area contributed by atoms with Crippen molar-refractivity contribution in [1.29, 1.82) is 0 Å². The van der Waals surface area contributed by atoms with E-state index < -0.39 is 0 Å². The fourth-order valence-electron chi connectivity index (χ4n) is 2.82. The Balaban J connectivity index is 1.57. The molecule has 0 radical (unpaired) electrons. The van der Waals surface area contributed by atoms with E-state index in [0.29, 0.717) is 12.5 Å². The van der Waals surface area contributed by atoms with Crippen LogP contribution in [0.1, 0.15) is 19.3 Å². The SMILES string of the molecule is O=C(NC[C@H]1CCOC1)Nc1cccnc1N1CCCC1. The lowest BCUT2D eigenvalue weighted by molar-refractivity contribution is 0.185. The molecule has 2 amide bonds. The van der Waals surface area contributed by atoms with Crippen LogP contribution in [0.25, 0.3) is 0 Å². The summed E-state index contributed by atoms with van der Waals surface area (Å²) < 4.78 is 5.31. The van der Waals surface area contributed by atoms with Gasteiger partial charge in [0, 0.05) is 38.4 Å². The van der Waals surface area contributed by atoms with Crippen LogP contribution in [0.3, 0.4) is 0 Å². The maximum Gasteiger partial charge on any atom is 0.319 e. The number of anilines is 2. The van der Waals surface area contributed by atoms with Crippen LogP contribution in [0.15, 0.2) is 18.3 Å². The van der Waals surface area contributed by atoms with Crippen LogP contribution in [0.2, 0.25) is 0 Å². The number of urea groups is 1. The van der Waals surface area contributed by atoms with Crippen molar-refractivity contribution in [2.75, 3.05) is 43.1 Å². The molecule has 1 aromatic rings. The highest BCUT2D eigenvalue weighted by Crippen LogP contribution is 2.25. The number of amides is 2. The Morgan fingerprint density at radius 1 is 1.43 bits per heavy atom. The predicted molar refractivity (Wildman–Crippen MR) is 81.6 cm³/mol. The number of aromatic nitrogens is 1. The van der Waals surface area contributed by atoms with Gasteiger partial charge in [0.1, 0.15) is 0 Å². The zero-order valence-corrected chi connectivity index (χ0v) is 12.2. The van der Waals surface area contributed by atoms with Crippen molar-refractivity contribution >= 4 is 17.5 Å². The van der Waals surface area contributed by atoms with Crippen molar-refractivity contribution in [3.05, 3.63) is 18.3 Å². The quantitative estimate of drug-likeness (QED) is 0.888. The maximum atomic E-state index is 12.0. The van der Waals surface area contributed by atoms with Crippen LogP contribution in [0.4, 0.5) is 16.3 Å². The van der Waals surface area contributed by atoms with Gasteiger partial charge in [-0.2, -0.15) is 0 Å². The van der Waals surface area contributed by atoms with Gasteiger partial charge in [-0.25, -0.2) is 9.78 Å². The van der Waals surface area contributed by atoms with E-state index in [0.717, 1.165) is 44.2 Å². The highest BCUT2D eigenvalue weighted by Gasteiger charge is 2.19. The third-order valence-corrected chi connectivity index (χ3v) is 4.02. The van der Waals surface area contributed by atoms with Crippen LogP contribution in [0, 0.1) is 5.92 Å². The average molecular weight is 290 g/mol. The highest BCUT2D eigenvalue weighted by molar-refractivity contribution is 5.92. The van der Waals surface area contributed by atoms with Crippen LogP contribution in [-0.2, 0) is 4.74 Å². The molecule has 0 unspecified atom stereocenters. The van der Waals surface area contributed by atoms with Crippen LogP contribution in [-0.4, -0.2) is 43.9 Å². The molecule has 1 atom stereocenters. The first kappa shape index (κ1) is 14.1. The van der Waals surface area contributed by atoms with E-state index in [1.807, 2.05) is 12.1 Å². The Kier molecular flexibility index (Phi) is 4.55. The second-order valence-corrected chi connectivity index (χ2v) is 5.63. The number of hydrogen-bond acceptors (Lipinski definition) is 4. The Labute approximate surface area is 124 Å². The molecule has 1 aromatic heterocycles. The number of nitrogens with one attached hydrogen (secondary N) is 2. The highest BCUT2D eigenvalue weighted by atomic mass is 16.5. The van der Waals surface area contributed by atoms with E-state index in [9.17, 15) is 4.79 Å². The molecule has 2 aliphatic heterocycles. The monoisotopic (exact) mass is 290 g/mol. The number of carbonyl (C=O) groups is 1. The summed E-state index contributed by atoms with van der Waals surface area (Å²) in [5, 5.41) is 5.83. The summed E-state index contributed by atoms with van der Waals surface area (Å²) in [6, 6.07) is 3.58. The Morgan fingerprint density at radius 3 is 3.05 bits per heavy atom. The zero-order valence-electron chi connectivity index (χ0n) is 12.2. The first-order valence-corrected chi connectivity index (χ1v) is 7.65.